The molecule has 12 rings (SSSR count). The van der Waals surface area contributed by atoms with Gasteiger partial charge in [-0.3, -0.25) is 0 Å². The normalized spacial score (nSPS) is 22.6. The number of hydrogen-bond acceptors (Lipinski definition) is 12. The van der Waals surface area contributed by atoms with Crippen LogP contribution in [-0.4, -0.2) is 51.1 Å². The van der Waals surface area contributed by atoms with Crippen LogP contribution in [0.2, 0.25) is 0 Å². The molecule has 0 amide bonds. The van der Waals surface area contributed by atoms with E-state index in [9.17, 15) is 51.1 Å². The number of aromatic hydroxyl groups is 10. The molecule has 8 atom stereocenters. The zero-order valence-electron chi connectivity index (χ0n) is 35.8. The lowest BCUT2D eigenvalue weighted by molar-refractivity contribution is 0.221. The lowest BCUT2D eigenvalue weighted by Crippen LogP contribution is -2.26. The molecule has 10 N–H and O–H groups in total. The smallest absolute Gasteiger partial charge is 0.135 e. The second kappa shape index (κ2) is 14.9. The van der Waals surface area contributed by atoms with Crippen LogP contribution in [0.15, 0.2) is 146 Å². The molecule has 0 saturated carbocycles. The molecule has 8 aromatic rings. The molecule has 68 heavy (non-hydrogen) atoms. The Morgan fingerprint density at radius 1 is 0.265 bits per heavy atom. The summed E-state index contributed by atoms with van der Waals surface area (Å²) in [5, 5.41) is 114. The summed E-state index contributed by atoms with van der Waals surface area (Å²) in [4.78, 5) is 0. The third kappa shape index (κ3) is 6.20. The molecule has 2 aliphatic carbocycles. The predicted molar refractivity (Wildman–Crippen MR) is 248 cm³/mol. The van der Waals surface area contributed by atoms with Crippen molar-refractivity contribution in [3.05, 3.63) is 212 Å². The van der Waals surface area contributed by atoms with Crippen LogP contribution in [-0.2, 0) is 0 Å². The van der Waals surface area contributed by atoms with E-state index < -0.39 is 47.7 Å². The van der Waals surface area contributed by atoms with E-state index in [1.165, 1.54) is 24.3 Å². The molecule has 2 aliphatic heterocycles. The molecular weight excluding hydrogens is 865 g/mol. The fourth-order valence-corrected chi connectivity index (χ4v) is 12.0. The van der Waals surface area contributed by atoms with Crippen molar-refractivity contribution in [3.63, 3.8) is 0 Å². The highest BCUT2D eigenvalue weighted by atomic mass is 16.5. The van der Waals surface area contributed by atoms with E-state index in [1.807, 2.05) is 0 Å². The van der Waals surface area contributed by atoms with Crippen LogP contribution in [0.4, 0.5) is 0 Å². The third-order valence-corrected chi connectivity index (χ3v) is 14.5. The summed E-state index contributed by atoms with van der Waals surface area (Å²) >= 11 is 0. The van der Waals surface area contributed by atoms with Crippen LogP contribution in [0.3, 0.4) is 0 Å². The summed E-state index contributed by atoms with van der Waals surface area (Å²) in [5.41, 5.74) is 6.75. The summed E-state index contributed by atoms with van der Waals surface area (Å²) in [6.07, 6.45) is -1.62. The van der Waals surface area contributed by atoms with Crippen molar-refractivity contribution in [2.45, 2.75) is 47.7 Å². The Balaban J connectivity index is 1.25. The van der Waals surface area contributed by atoms with Crippen molar-refractivity contribution in [1.82, 2.24) is 0 Å². The second-order valence-corrected chi connectivity index (χ2v) is 18.2. The summed E-state index contributed by atoms with van der Waals surface area (Å²) in [7, 11) is 0. The lowest BCUT2D eigenvalue weighted by Gasteiger charge is -2.40. The topological polar surface area (TPSA) is 221 Å². The maximum absolute atomic E-state index is 12.5. The van der Waals surface area contributed by atoms with Gasteiger partial charge in [0.05, 0.1) is 11.8 Å². The molecule has 0 aromatic heterocycles. The largest absolute Gasteiger partial charge is 0.508 e. The van der Waals surface area contributed by atoms with Gasteiger partial charge < -0.3 is 60.5 Å². The number of phenolic OH excluding ortho intramolecular Hbond substituents is 10. The predicted octanol–water partition coefficient (Wildman–Crippen LogP) is 10.4. The van der Waals surface area contributed by atoms with Gasteiger partial charge in [0.15, 0.2) is 0 Å². The molecule has 0 radical (unpaired) electrons. The van der Waals surface area contributed by atoms with Crippen LogP contribution in [0.25, 0.3) is 0 Å². The van der Waals surface area contributed by atoms with Crippen molar-refractivity contribution in [2.24, 2.45) is 0 Å². The first kappa shape index (κ1) is 40.8. The SMILES string of the molecule is Oc1ccc([C@@H]2c3c(O)cc(O)cc3[C@H]3c4c(cc(O)cc4[C@H]2[C@@H]2c4cc(O)cc5c4[C@H](c4cc(O)cc(O)c4[C@@H]2c2ccc(O)cc2)[C@@H](c2ccc(O)cc2)O5)O[C@@H]3c2ccc(O)cc2)cc1. The summed E-state index contributed by atoms with van der Waals surface area (Å²) in [5.74, 6) is -5.69. The van der Waals surface area contributed by atoms with Crippen molar-refractivity contribution in [1.29, 1.82) is 0 Å². The van der Waals surface area contributed by atoms with Gasteiger partial charge in [-0.15, -0.1) is 0 Å². The molecule has 4 aliphatic rings. The Labute approximate surface area is 388 Å². The van der Waals surface area contributed by atoms with Crippen molar-refractivity contribution in [2.75, 3.05) is 0 Å². The first-order valence-electron chi connectivity index (χ1n) is 22.2. The quantitative estimate of drug-likeness (QED) is 0.0780. The van der Waals surface area contributed by atoms with E-state index in [2.05, 4.69) is 0 Å². The Hall–Kier alpha value is -8.64. The highest BCUT2D eigenvalue weighted by Gasteiger charge is 2.55. The Morgan fingerprint density at radius 3 is 0.897 bits per heavy atom. The molecule has 12 heteroatoms. The summed E-state index contributed by atoms with van der Waals surface area (Å²) < 4.78 is 13.7. The molecule has 0 bridgehead atoms. The van der Waals surface area contributed by atoms with Crippen LogP contribution < -0.4 is 9.47 Å². The standard InChI is InChI=1S/C56H42O12/c57-29-9-1-25(2-10-29)45-47-37(17-33(61)21-41(47)65)53-49-39(19-35(63)23-43(49)67-55(53)27-5-13-31(59)14-6-27)51(45)52-40-20-36(64)24-44-50(40)54(56(68-44)28-7-15-32(60)16-8-28)38-18-34(62)22-42(66)48(38)46(52)26-3-11-30(58)12-4-26/h1-24,45-46,51-66H/t45-,46+,51-,52-,53+,54+,55-,56-/m1/s1. The van der Waals surface area contributed by atoms with Crippen LogP contribution >= 0.6 is 0 Å². The molecule has 8 aromatic carbocycles. The Kier molecular flexibility index (Phi) is 8.97. The number of benzene rings is 8. The molecule has 338 valence electrons. The minimum Gasteiger partial charge on any atom is -0.508 e. The molecule has 12 nitrogen and oxygen atoms in total. The van der Waals surface area contributed by atoms with Gasteiger partial charge in [0.25, 0.3) is 0 Å². The van der Waals surface area contributed by atoms with Crippen LogP contribution in [0.5, 0.6) is 69.0 Å². The van der Waals surface area contributed by atoms with Gasteiger partial charge in [0.2, 0.25) is 0 Å². The number of hydrogen-bond donors (Lipinski definition) is 10. The third-order valence-electron chi connectivity index (χ3n) is 14.5. The number of ether oxygens (including phenoxy) is 2. The molecule has 0 unspecified atom stereocenters. The van der Waals surface area contributed by atoms with Gasteiger partial charge in [-0.05, 0) is 117 Å². The number of fused-ring (bicyclic) bond motifs is 4. The minimum absolute atomic E-state index is 0.0182. The molecular formula is C56H42O12. The van der Waals surface area contributed by atoms with E-state index in [1.54, 1.807) is 121 Å². The van der Waals surface area contributed by atoms with Crippen LogP contribution in [0, 0.1) is 0 Å². The fourth-order valence-electron chi connectivity index (χ4n) is 12.0. The van der Waals surface area contributed by atoms with Gasteiger partial charge >= 0.3 is 0 Å². The van der Waals surface area contributed by atoms with E-state index >= 15 is 0 Å². The van der Waals surface area contributed by atoms with Crippen molar-refractivity contribution >= 4 is 0 Å². The van der Waals surface area contributed by atoms with E-state index in [4.69, 9.17) is 9.47 Å². The maximum atomic E-state index is 12.5. The summed E-state index contributed by atoms with van der Waals surface area (Å²) in [6.45, 7) is 0. The lowest BCUT2D eigenvalue weighted by atomic mass is 9.62. The van der Waals surface area contributed by atoms with E-state index in [0.717, 1.165) is 0 Å². The first-order valence-corrected chi connectivity index (χ1v) is 22.2. The van der Waals surface area contributed by atoms with Gasteiger partial charge in [0.1, 0.15) is 81.2 Å². The zero-order valence-corrected chi connectivity index (χ0v) is 35.8. The van der Waals surface area contributed by atoms with Gasteiger partial charge in [-0.25, -0.2) is 0 Å². The van der Waals surface area contributed by atoms with Gasteiger partial charge in [0, 0.05) is 70.2 Å². The molecule has 0 saturated heterocycles. The molecule has 0 fully saturated rings. The molecule has 2 heterocycles. The molecule has 0 spiro atoms. The van der Waals surface area contributed by atoms with E-state index in [0.29, 0.717) is 78.3 Å². The highest BCUT2D eigenvalue weighted by molar-refractivity contribution is 5.71. The first-order chi connectivity index (χ1) is 32.8. The minimum atomic E-state index is -0.918. The average Bonchev–Trinajstić information content (AvgIpc) is 3.81. The van der Waals surface area contributed by atoms with Crippen molar-refractivity contribution < 1.29 is 60.5 Å². The van der Waals surface area contributed by atoms with Crippen LogP contribution in [0.1, 0.15) is 114 Å². The number of phenols is 10. The summed E-state index contributed by atoms with van der Waals surface area (Å²) in [6, 6.07) is 38.4. The van der Waals surface area contributed by atoms with Gasteiger partial charge in [-0.1, -0.05) is 48.5 Å². The van der Waals surface area contributed by atoms with Crippen molar-refractivity contribution in [3.8, 4) is 69.0 Å². The fraction of sp³-hybridized carbons (Fsp3) is 0.143. The monoisotopic (exact) mass is 906 g/mol. The van der Waals surface area contributed by atoms with E-state index in [-0.39, 0.29) is 57.5 Å². The average molecular weight is 907 g/mol. The highest BCUT2D eigenvalue weighted by Crippen LogP contribution is 2.69. The Morgan fingerprint density at radius 2 is 0.559 bits per heavy atom. The Bertz CT molecular complexity index is 3110. The number of rotatable bonds is 5. The maximum Gasteiger partial charge on any atom is 0.135 e. The second-order valence-electron chi connectivity index (χ2n) is 18.2. The van der Waals surface area contributed by atoms with Gasteiger partial charge in [-0.2, -0.15) is 0 Å². The zero-order chi connectivity index (χ0) is 46.9.